The van der Waals surface area contributed by atoms with Crippen LogP contribution in [0.5, 0.6) is 0 Å². The molecule has 6 nitrogen and oxygen atoms in total. The van der Waals surface area contributed by atoms with Crippen molar-refractivity contribution >= 4 is 17.5 Å². The molecule has 1 fully saturated rings. The van der Waals surface area contributed by atoms with Crippen LogP contribution in [-0.2, 0) is 6.42 Å². The number of aromatic nitrogens is 2. The van der Waals surface area contributed by atoms with Crippen LogP contribution in [0.1, 0.15) is 54.2 Å². The SMILES string of the molecule is CCCc1cc([C@@H]2CCCN2C(=O)c2cc(-c3ccc(Cl)cc3)on2)no1. The normalized spacial score (nSPS) is 16.8. The number of rotatable bonds is 5. The molecule has 0 radical (unpaired) electrons. The molecule has 1 aliphatic rings. The Morgan fingerprint density at radius 1 is 1.22 bits per heavy atom. The van der Waals surface area contributed by atoms with Gasteiger partial charge in [0.1, 0.15) is 11.5 Å². The molecule has 2 aromatic heterocycles. The second-order valence-corrected chi connectivity index (χ2v) is 7.14. The van der Waals surface area contributed by atoms with Gasteiger partial charge in [-0.25, -0.2) is 0 Å². The van der Waals surface area contributed by atoms with Crippen LogP contribution in [0.25, 0.3) is 11.3 Å². The average molecular weight is 386 g/mol. The van der Waals surface area contributed by atoms with Crippen LogP contribution in [-0.4, -0.2) is 27.7 Å². The molecule has 0 bridgehead atoms. The van der Waals surface area contributed by atoms with Crippen molar-refractivity contribution in [2.75, 3.05) is 6.54 Å². The smallest absolute Gasteiger partial charge is 0.276 e. The van der Waals surface area contributed by atoms with Crippen molar-refractivity contribution in [3.8, 4) is 11.3 Å². The van der Waals surface area contributed by atoms with Gasteiger partial charge in [0.2, 0.25) is 0 Å². The van der Waals surface area contributed by atoms with Gasteiger partial charge in [-0.05, 0) is 43.5 Å². The van der Waals surface area contributed by atoms with Crippen LogP contribution in [0.4, 0.5) is 0 Å². The average Bonchev–Trinajstić information content (AvgIpc) is 3.42. The summed E-state index contributed by atoms with van der Waals surface area (Å²) in [6.45, 7) is 2.76. The molecule has 1 atom stereocenters. The van der Waals surface area contributed by atoms with Gasteiger partial charge in [-0.3, -0.25) is 4.79 Å². The summed E-state index contributed by atoms with van der Waals surface area (Å²) < 4.78 is 10.8. The largest absolute Gasteiger partial charge is 0.361 e. The molecular formula is C20H20ClN3O3. The topological polar surface area (TPSA) is 72.4 Å². The first kappa shape index (κ1) is 17.8. The summed E-state index contributed by atoms with van der Waals surface area (Å²) in [5.41, 5.74) is 1.93. The summed E-state index contributed by atoms with van der Waals surface area (Å²) in [6.07, 6.45) is 3.63. The fraction of sp³-hybridized carbons (Fsp3) is 0.350. The van der Waals surface area contributed by atoms with E-state index in [4.69, 9.17) is 20.6 Å². The molecule has 4 rings (SSSR count). The molecule has 3 heterocycles. The van der Waals surface area contributed by atoms with Crippen LogP contribution < -0.4 is 0 Å². The van der Waals surface area contributed by atoms with E-state index >= 15 is 0 Å². The van der Waals surface area contributed by atoms with Crippen LogP contribution in [0.2, 0.25) is 5.02 Å². The van der Waals surface area contributed by atoms with Gasteiger partial charge >= 0.3 is 0 Å². The van der Waals surface area contributed by atoms with Gasteiger partial charge in [0, 0.05) is 35.7 Å². The van der Waals surface area contributed by atoms with Crippen molar-refractivity contribution < 1.29 is 13.8 Å². The number of amides is 1. The molecule has 1 amide bonds. The molecule has 27 heavy (non-hydrogen) atoms. The first-order chi connectivity index (χ1) is 13.2. The lowest BCUT2D eigenvalue weighted by Gasteiger charge is -2.21. The maximum atomic E-state index is 13.0. The number of carbonyl (C=O) groups is 1. The molecule has 1 aliphatic heterocycles. The number of nitrogens with zero attached hydrogens (tertiary/aromatic N) is 3. The lowest BCUT2D eigenvalue weighted by Crippen LogP contribution is -2.30. The fourth-order valence-electron chi connectivity index (χ4n) is 3.44. The Morgan fingerprint density at radius 3 is 2.81 bits per heavy atom. The molecule has 0 N–H and O–H groups in total. The number of benzene rings is 1. The molecule has 3 aromatic rings. The molecule has 1 saturated heterocycles. The highest BCUT2D eigenvalue weighted by atomic mass is 35.5. The third-order valence-electron chi connectivity index (χ3n) is 4.79. The molecule has 0 saturated carbocycles. The molecule has 0 unspecified atom stereocenters. The quantitative estimate of drug-likeness (QED) is 0.623. The highest BCUT2D eigenvalue weighted by molar-refractivity contribution is 6.30. The molecular weight excluding hydrogens is 366 g/mol. The van der Waals surface area contributed by atoms with E-state index in [2.05, 4.69) is 17.2 Å². The third-order valence-corrected chi connectivity index (χ3v) is 5.04. The van der Waals surface area contributed by atoms with Gasteiger partial charge in [-0.2, -0.15) is 0 Å². The Kier molecular flexibility index (Phi) is 4.99. The summed E-state index contributed by atoms with van der Waals surface area (Å²) in [6, 6.07) is 10.8. The number of hydrogen-bond donors (Lipinski definition) is 0. The minimum Gasteiger partial charge on any atom is -0.361 e. The lowest BCUT2D eigenvalue weighted by atomic mass is 10.1. The van der Waals surface area contributed by atoms with Gasteiger partial charge in [0.25, 0.3) is 5.91 Å². The zero-order chi connectivity index (χ0) is 18.8. The van der Waals surface area contributed by atoms with Crippen molar-refractivity contribution in [3.05, 3.63) is 58.6 Å². The Balaban J connectivity index is 1.53. The number of carbonyl (C=O) groups excluding carboxylic acids is 1. The molecule has 0 spiro atoms. The first-order valence-electron chi connectivity index (χ1n) is 9.15. The molecule has 7 heteroatoms. The van der Waals surface area contributed by atoms with E-state index < -0.39 is 0 Å². The minimum atomic E-state index is -0.151. The van der Waals surface area contributed by atoms with Gasteiger partial charge in [0.05, 0.1) is 6.04 Å². The fourth-order valence-corrected chi connectivity index (χ4v) is 3.57. The standard InChI is InChI=1S/C20H20ClN3O3/c1-2-4-15-11-16(22-26-15)18-5-3-10-24(18)20(25)17-12-19(27-23-17)13-6-8-14(21)9-7-13/h6-9,11-12,18H,2-5,10H2,1H3/t18-/m0/s1. The van der Waals surface area contributed by atoms with Crippen molar-refractivity contribution in [2.24, 2.45) is 0 Å². The van der Waals surface area contributed by atoms with Gasteiger partial charge in [0.15, 0.2) is 11.5 Å². The van der Waals surface area contributed by atoms with Crippen molar-refractivity contribution in [1.82, 2.24) is 15.2 Å². The van der Waals surface area contributed by atoms with Crippen molar-refractivity contribution in [2.45, 2.75) is 38.6 Å². The Hall–Kier alpha value is -2.60. The zero-order valence-electron chi connectivity index (χ0n) is 15.0. The van der Waals surface area contributed by atoms with E-state index in [0.29, 0.717) is 23.0 Å². The molecule has 0 aliphatic carbocycles. The summed E-state index contributed by atoms with van der Waals surface area (Å²) >= 11 is 5.92. The summed E-state index contributed by atoms with van der Waals surface area (Å²) in [7, 11) is 0. The number of likely N-dealkylation sites (tertiary alicyclic amines) is 1. The van der Waals surface area contributed by atoms with Crippen LogP contribution in [0.3, 0.4) is 0 Å². The van der Waals surface area contributed by atoms with E-state index in [9.17, 15) is 4.79 Å². The highest BCUT2D eigenvalue weighted by Crippen LogP contribution is 2.33. The zero-order valence-corrected chi connectivity index (χ0v) is 15.8. The van der Waals surface area contributed by atoms with Crippen LogP contribution in [0, 0.1) is 0 Å². The van der Waals surface area contributed by atoms with Gasteiger partial charge in [-0.1, -0.05) is 28.8 Å². The van der Waals surface area contributed by atoms with E-state index in [0.717, 1.165) is 42.7 Å². The summed E-state index contributed by atoms with van der Waals surface area (Å²) in [5, 5.41) is 8.80. The predicted octanol–water partition coefficient (Wildman–Crippen LogP) is 4.91. The van der Waals surface area contributed by atoms with E-state index in [-0.39, 0.29) is 11.9 Å². The first-order valence-corrected chi connectivity index (χ1v) is 9.52. The van der Waals surface area contributed by atoms with Gasteiger partial charge in [-0.15, -0.1) is 0 Å². The number of halogens is 1. The molecule has 1 aromatic carbocycles. The maximum absolute atomic E-state index is 13.0. The highest BCUT2D eigenvalue weighted by Gasteiger charge is 2.34. The second-order valence-electron chi connectivity index (χ2n) is 6.71. The van der Waals surface area contributed by atoms with E-state index in [1.807, 2.05) is 18.2 Å². The van der Waals surface area contributed by atoms with Crippen molar-refractivity contribution in [1.29, 1.82) is 0 Å². The predicted molar refractivity (Wildman–Crippen MR) is 100 cm³/mol. The third kappa shape index (κ3) is 3.62. The number of hydrogen-bond acceptors (Lipinski definition) is 5. The lowest BCUT2D eigenvalue weighted by molar-refractivity contribution is 0.0720. The Morgan fingerprint density at radius 2 is 2.04 bits per heavy atom. The van der Waals surface area contributed by atoms with Crippen LogP contribution >= 0.6 is 11.6 Å². The number of aryl methyl sites for hydroxylation is 1. The summed E-state index contributed by atoms with van der Waals surface area (Å²) in [5.74, 6) is 1.25. The second kappa shape index (κ2) is 7.56. The van der Waals surface area contributed by atoms with Crippen molar-refractivity contribution in [3.63, 3.8) is 0 Å². The summed E-state index contributed by atoms with van der Waals surface area (Å²) in [4.78, 5) is 14.8. The molecule has 140 valence electrons. The maximum Gasteiger partial charge on any atom is 0.276 e. The van der Waals surface area contributed by atoms with E-state index in [1.54, 1.807) is 23.1 Å². The monoisotopic (exact) mass is 385 g/mol. The Bertz CT molecular complexity index is 932. The van der Waals surface area contributed by atoms with Gasteiger partial charge < -0.3 is 13.9 Å². The Labute approximate surface area is 162 Å². The van der Waals surface area contributed by atoms with E-state index in [1.165, 1.54) is 0 Å². The minimum absolute atomic E-state index is 0.0810. The van der Waals surface area contributed by atoms with Crippen LogP contribution in [0.15, 0.2) is 45.4 Å².